The van der Waals surface area contributed by atoms with Crippen LogP contribution in [0.2, 0.25) is 0 Å². The van der Waals surface area contributed by atoms with Crippen LogP contribution in [0.1, 0.15) is 18.4 Å². The molecular weight excluding hydrogens is 250 g/mol. The zero-order chi connectivity index (χ0) is 14.2. The van der Waals surface area contributed by atoms with Gasteiger partial charge < -0.3 is 9.72 Å². The zero-order valence-corrected chi connectivity index (χ0v) is 11.2. The maximum Gasteiger partial charge on any atom is 0.247 e. The second-order valence-corrected chi connectivity index (χ2v) is 4.34. The number of ether oxygens (including phenoxy) is 1. The second kappa shape index (κ2) is 7.14. The van der Waals surface area contributed by atoms with Gasteiger partial charge in [-0.3, -0.25) is 4.79 Å². The summed E-state index contributed by atoms with van der Waals surface area (Å²) in [6.07, 6.45) is 7.05. The molecule has 2 aromatic rings. The van der Waals surface area contributed by atoms with Crippen LogP contribution in [-0.4, -0.2) is 4.98 Å². The summed E-state index contributed by atoms with van der Waals surface area (Å²) in [5, 5.41) is 0. The zero-order valence-electron chi connectivity index (χ0n) is 11.2. The number of benzene rings is 1. The Morgan fingerprint density at radius 1 is 1.20 bits per heavy atom. The highest BCUT2D eigenvalue weighted by molar-refractivity contribution is 5.50. The van der Waals surface area contributed by atoms with E-state index in [4.69, 9.17) is 4.74 Å². The maximum atomic E-state index is 11.0. The van der Waals surface area contributed by atoms with Gasteiger partial charge in [0.15, 0.2) is 0 Å². The van der Waals surface area contributed by atoms with Gasteiger partial charge in [-0.1, -0.05) is 24.3 Å². The highest BCUT2D eigenvalue weighted by Crippen LogP contribution is 2.18. The number of allylic oxidation sites excluding steroid dienone is 2. The molecule has 1 aromatic carbocycles. The van der Waals surface area contributed by atoms with Gasteiger partial charge in [-0.05, 0) is 36.3 Å². The predicted octanol–water partition coefficient (Wildman–Crippen LogP) is 3.76. The molecule has 0 radical (unpaired) electrons. The molecule has 1 aromatic heterocycles. The minimum atomic E-state index is -0.112. The van der Waals surface area contributed by atoms with E-state index >= 15 is 0 Å². The molecule has 0 aliphatic carbocycles. The summed E-state index contributed by atoms with van der Waals surface area (Å²) in [5.74, 6) is 1.63. The van der Waals surface area contributed by atoms with Crippen molar-refractivity contribution >= 4 is 6.08 Å². The molecule has 0 unspecified atom stereocenters. The van der Waals surface area contributed by atoms with Crippen LogP contribution < -0.4 is 10.3 Å². The summed E-state index contributed by atoms with van der Waals surface area (Å²) in [6.45, 7) is 3.73. The van der Waals surface area contributed by atoms with E-state index in [0.717, 1.165) is 29.9 Å². The molecule has 3 nitrogen and oxygen atoms in total. The first-order valence-electron chi connectivity index (χ1n) is 6.51. The number of hydrogen-bond acceptors (Lipinski definition) is 2. The molecule has 1 heterocycles. The third-order valence-electron chi connectivity index (χ3n) is 2.72. The molecule has 102 valence electrons. The molecule has 0 fully saturated rings. The van der Waals surface area contributed by atoms with Crippen LogP contribution in [0.5, 0.6) is 5.75 Å². The maximum absolute atomic E-state index is 11.0. The van der Waals surface area contributed by atoms with Crippen LogP contribution in [0.25, 0.3) is 6.08 Å². The highest BCUT2D eigenvalue weighted by atomic mass is 16.5. The van der Waals surface area contributed by atoms with E-state index in [0.29, 0.717) is 0 Å². The predicted molar refractivity (Wildman–Crippen MR) is 81.5 cm³/mol. The molecule has 1 N–H and O–H groups in total. The molecule has 20 heavy (non-hydrogen) atoms. The van der Waals surface area contributed by atoms with Crippen LogP contribution in [0, 0.1) is 0 Å². The number of rotatable bonds is 6. The minimum Gasteiger partial charge on any atom is -0.462 e. The number of hydrogen-bond donors (Lipinski definition) is 1. The van der Waals surface area contributed by atoms with Gasteiger partial charge in [0, 0.05) is 18.7 Å². The third kappa shape index (κ3) is 4.28. The Morgan fingerprint density at radius 2 is 2.00 bits per heavy atom. The summed E-state index contributed by atoms with van der Waals surface area (Å²) >= 11 is 0. The Hall–Kier alpha value is -2.55. The first-order chi connectivity index (χ1) is 9.78. The van der Waals surface area contributed by atoms with Crippen LogP contribution in [0.15, 0.2) is 71.9 Å². The monoisotopic (exact) mass is 267 g/mol. The molecule has 0 saturated carbocycles. The van der Waals surface area contributed by atoms with Gasteiger partial charge in [-0.2, -0.15) is 0 Å². The molecular formula is C17H17NO2. The fraction of sp³-hybridized carbons (Fsp3) is 0.118. The van der Waals surface area contributed by atoms with E-state index in [9.17, 15) is 4.79 Å². The third-order valence-corrected chi connectivity index (χ3v) is 2.72. The summed E-state index contributed by atoms with van der Waals surface area (Å²) < 4.78 is 5.87. The Labute approximate surface area is 118 Å². The Morgan fingerprint density at radius 3 is 2.65 bits per heavy atom. The van der Waals surface area contributed by atoms with Crippen LogP contribution in [-0.2, 0) is 0 Å². The van der Waals surface area contributed by atoms with Gasteiger partial charge in [0.05, 0.1) is 0 Å². The molecule has 0 saturated heterocycles. The largest absolute Gasteiger partial charge is 0.462 e. The van der Waals surface area contributed by atoms with Gasteiger partial charge >= 0.3 is 0 Å². The number of H-pyrrole nitrogens is 1. The summed E-state index contributed by atoms with van der Waals surface area (Å²) in [4.78, 5) is 13.7. The van der Waals surface area contributed by atoms with Crippen molar-refractivity contribution in [3.8, 4) is 5.75 Å². The number of aromatic amines is 1. The van der Waals surface area contributed by atoms with Gasteiger partial charge in [0.1, 0.15) is 11.5 Å². The van der Waals surface area contributed by atoms with Gasteiger partial charge in [0.25, 0.3) is 0 Å². The van der Waals surface area contributed by atoms with E-state index in [-0.39, 0.29) is 5.56 Å². The molecule has 0 bridgehead atoms. The number of pyridine rings is 1. The standard InChI is InChI=1S/C17H17NO2/c1-2-3-7-16(20-15-8-5-4-6-9-15)12-14-10-11-17(19)18-13-14/h2,4-6,8-13H,1,3,7H2,(H,18,19)/b16-12-. The molecule has 2 rings (SSSR count). The lowest BCUT2D eigenvalue weighted by molar-refractivity contribution is 0.410. The van der Waals surface area contributed by atoms with Crippen molar-refractivity contribution in [1.82, 2.24) is 4.98 Å². The Balaban J connectivity index is 2.20. The molecule has 0 spiro atoms. The fourth-order valence-corrected chi connectivity index (χ4v) is 1.74. The molecule has 0 amide bonds. The molecule has 0 aliphatic heterocycles. The quantitative estimate of drug-likeness (QED) is 0.639. The van der Waals surface area contributed by atoms with Crippen molar-refractivity contribution in [3.05, 3.63) is 83.0 Å². The lowest BCUT2D eigenvalue weighted by Gasteiger charge is -2.09. The summed E-state index contributed by atoms with van der Waals surface area (Å²) in [5.41, 5.74) is 0.790. The Bertz CT molecular complexity index is 621. The van der Waals surface area contributed by atoms with Gasteiger partial charge in [-0.25, -0.2) is 0 Å². The SMILES string of the molecule is C=CCC/C(=C/c1ccc(=O)[nH]c1)Oc1ccccc1. The minimum absolute atomic E-state index is 0.112. The van der Waals surface area contributed by atoms with E-state index in [1.165, 1.54) is 6.07 Å². The van der Waals surface area contributed by atoms with Crippen LogP contribution >= 0.6 is 0 Å². The summed E-state index contributed by atoms with van der Waals surface area (Å²) in [6, 6.07) is 12.9. The van der Waals surface area contributed by atoms with Crippen molar-refractivity contribution in [1.29, 1.82) is 0 Å². The lowest BCUT2D eigenvalue weighted by Crippen LogP contribution is -2.02. The summed E-state index contributed by atoms with van der Waals surface area (Å²) in [7, 11) is 0. The first kappa shape index (κ1) is 13.9. The molecule has 0 atom stereocenters. The average Bonchev–Trinajstić information content (AvgIpc) is 2.48. The van der Waals surface area contributed by atoms with Gasteiger partial charge in [0.2, 0.25) is 5.56 Å². The van der Waals surface area contributed by atoms with E-state index < -0.39 is 0 Å². The molecule has 0 aliphatic rings. The van der Waals surface area contributed by atoms with Crippen molar-refractivity contribution in [2.45, 2.75) is 12.8 Å². The van der Waals surface area contributed by atoms with Crippen LogP contribution in [0.4, 0.5) is 0 Å². The average molecular weight is 267 g/mol. The number of para-hydroxylation sites is 1. The van der Waals surface area contributed by atoms with Crippen molar-refractivity contribution in [2.24, 2.45) is 0 Å². The van der Waals surface area contributed by atoms with Crippen molar-refractivity contribution in [3.63, 3.8) is 0 Å². The number of aromatic nitrogens is 1. The topological polar surface area (TPSA) is 42.1 Å². The second-order valence-electron chi connectivity index (χ2n) is 4.34. The van der Waals surface area contributed by atoms with E-state index in [1.807, 2.05) is 42.5 Å². The van der Waals surface area contributed by atoms with E-state index in [1.54, 1.807) is 12.3 Å². The highest BCUT2D eigenvalue weighted by Gasteiger charge is 2.01. The Kier molecular flexibility index (Phi) is 4.95. The molecule has 3 heteroatoms. The smallest absolute Gasteiger partial charge is 0.247 e. The van der Waals surface area contributed by atoms with E-state index in [2.05, 4.69) is 11.6 Å². The first-order valence-corrected chi connectivity index (χ1v) is 6.51. The fourth-order valence-electron chi connectivity index (χ4n) is 1.74. The lowest BCUT2D eigenvalue weighted by atomic mass is 10.2. The van der Waals surface area contributed by atoms with Crippen molar-refractivity contribution in [2.75, 3.05) is 0 Å². The van der Waals surface area contributed by atoms with Crippen molar-refractivity contribution < 1.29 is 4.74 Å². The van der Waals surface area contributed by atoms with Crippen LogP contribution in [0.3, 0.4) is 0 Å². The van der Waals surface area contributed by atoms with Gasteiger partial charge in [-0.15, -0.1) is 6.58 Å². The number of nitrogens with one attached hydrogen (secondary N) is 1. The normalized spacial score (nSPS) is 11.1.